The summed E-state index contributed by atoms with van der Waals surface area (Å²) in [6.45, 7) is 2.05. The largest absolute Gasteiger partial charge is 0.457 e. The smallest absolute Gasteiger partial charge is 0.338 e. The lowest BCUT2D eigenvalue weighted by Crippen LogP contribution is -2.09. The number of esters is 1. The van der Waals surface area contributed by atoms with Crippen molar-refractivity contribution in [3.8, 4) is 0 Å². The van der Waals surface area contributed by atoms with Crippen molar-refractivity contribution in [3.05, 3.63) is 89.5 Å². The molecule has 0 spiro atoms. The molecular weight excluding hydrogens is 322 g/mol. The van der Waals surface area contributed by atoms with Crippen molar-refractivity contribution >= 4 is 33.2 Å². The summed E-state index contributed by atoms with van der Waals surface area (Å²) in [5, 5.41) is 4.47. The monoisotopic (exact) mass is 341 g/mol. The van der Waals surface area contributed by atoms with Crippen molar-refractivity contribution in [2.75, 3.05) is 5.73 Å². The second kappa shape index (κ2) is 6.52. The van der Waals surface area contributed by atoms with Gasteiger partial charge in [-0.3, -0.25) is 0 Å². The van der Waals surface area contributed by atoms with E-state index in [0.29, 0.717) is 11.3 Å². The molecule has 3 nitrogen and oxygen atoms in total. The summed E-state index contributed by atoms with van der Waals surface area (Å²) >= 11 is 0. The predicted octanol–water partition coefficient (Wildman–Crippen LogP) is 5.24. The van der Waals surface area contributed by atoms with Gasteiger partial charge in [-0.2, -0.15) is 0 Å². The van der Waals surface area contributed by atoms with Gasteiger partial charge < -0.3 is 10.5 Å². The molecule has 128 valence electrons. The third-order valence-electron chi connectivity index (χ3n) is 4.83. The molecule has 2 N–H and O–H groups in total. The van der Waals surface area contributed by atoms with Gasteiger partial charge in [0.15, 0.2) is 0 Å². The van der Waals surface area contributed by atoms with Gasteiger partial charge in [0.1, 0.15) is 6.61 Å². The Bertz CT molecular complexity index is 1080. The van der Waals surface area contributed by atoms with Crippen LogP contribution in [0.5, 0.6) is 0 Å². The fourth-order valence-corrected chi connectivity index (χ4v) is 3.35. The van der Waals surface area contributed by atoms with Crippen molar-refractivity contribution in [1.82, 2.24) is 0 Å². The van der Waals surface area contributed by atoms with Crippen molar-refractivity contribution in [2.24, 2.45) is 0 Å². The van der Waals surface area contributed by atoms with Crippen LogP contribution in [-0.2, 0) is 11.3 Å². The second-order valence-electron chi connectivity index (χ2n) is 6.39. The highest BCUT2D eigenvalue weighted by atomic mass is 16.5. The molecule has 0 aromatic heterocycles. The van der Waals surface area contributed by atoms with Crippen molar-refractivity contribution in [1.29, 1.82) is 0 Å². The maximum absolute atomic E-state index is 12.6. The molecule has 0 heterocycles. The van der Waals surface area contributed by atoms with Gasteiger partial charge in [-0.1, -0.05) is 54.6 Å². The third-order valence-corrected chi connectivity index (χ3v) is 4.83. The van der Waals surface area contributed by atoms with Gasteiger partial charge in [0.05, 0.1) is 5.56 Å². The molecule has 0 saturated carbocycles. The van der Waals surface area contributed by atoms with Crippen LogP contribution in [0.15, 0.2) is 72.8 Å². The molecule has 0 atom stereocenters. The molecule has 0 bridgehead atoms. The van der Waals surface area contributed by atoms with Crippen LogP contribution in [-0.4, -0.2) is 5.97 Å². The van der Waals surface area contributed by atoms with Crippen molar-refractivity contribution in [2.45, 2.75) is 13.5 Å². The van der Waals surface area contributed by atoms with Gasteiger partial charge in [-0.15, -0.1) is 0 Å². The van der Waals surface area contributed by atoms with Gasteiger partial charge in [-0.05, 0) is 52.2 Å². The Kier molecular flexibility index (Phi) is 4.05. The molecule has 0 radical (unpaired) electrons. The highest BCUT2D eigenvalue weighted by Gasteiger charge is 2.14. The van der Waals surface area contributed by atoms with Crippen molar-refractivity contribution in [3.63, 3.8) is 0 Å². The summed E-state index contributed by atoms with van der Waals surface area (Å²) in [5.74, 6) is -0.355. The fraction of sp³-hybridized carbons (Fsp3) is 0.0870. The average molecular weight is 341 g/mol. The number of nitrogens with two attached hydrogens (primary N) is 1. The zero-order valence-corrected chi connectivity index (χ0v) is 14.5. The van der Waals surface area contributed by atoms with Gasteiger partial charge in [0.25, 0.3) is 0 Å². The fourth-order valence-electron chi connectivity index (χ4n) is 3.35. The minimum Gasteiger partial charge on any atom is -0.457 e. The van der Waals surface area contributed by atoms with E-state index in [-0.39, 0.29) is 12.6 Å². The number of hydrogen-bond acceptors (Lipinski definition) is 3. The van der Waals surface area contributed by atoms with Crippen molar-refractivity contribution < 1.29 is 9.53 Å². The molecule has 4 aromatic rings. The van der Waals surface area contributed by atoms with E-state index in [1.807, 2.05) is 31.2 Å². The summed E-state index contributed by atoms with van der Waals surface area (Å²) in [7, 11) is 0. The lowest BCUT2D eigenvalue weighted by Gasteiger charge is -2.13. The number of ether oxygens (including phenoxy) is 1. The van der Waals surface area contributed by atoms with E-state index in [9.17, 15) is 4.79 Å². The Balaban J connectivity index is 1.74. The average Bonchev–Trinajstić information content (AvgIpc) is 2.67. The summed E-state index contributed by atoms with van der Waals surface area (Å²) < 4.78 is 5.67. The van der Waals surface area contributed by atoms with E-state index in [1.54, 1.807) is 18.2 Å². The number of rotatable bonds is 3. The quantitative estimate of drug-likeness (QED) is 0.315. The van der Waals surface area contributed by atoms with Crippen LogP contribution < -0.4 is 5.73 Å². The molecule has 0 saturated heterocycles. The zero-order valence-electron chi connectivity index (χ0n) is 14.5. The van der Waals surface area contributed by atoms with E-state index in [1.165, 1.54) is 0 Å². The normalized spacial score (nSPS) is 11.0. The second-order valence-corrected chi connectivity index (χ2v) is 6.39. The van der Waals surface area contributed by atoms with Crippen LogP contribution in [0.3, 0.4) is 0 Å². The first-order chi connectivity index (χ1) is 12.6. The van der Waals surface area contributed by atoms with E-state index < -0.39 is 0 Å². The minimum atomic E-state index is -0.355. The van der Waals surface area contributed by atoms with Gasteiger partial charge in [0.2, 0.25) is 0 Å². The molecule has 4 aromatic carbocycles. The van der Waals surface area contributed by atoms with Gasteiger partial charge >= 0.3 is 5.97 Å². The Morgan fingerprint density at radius 1 is 0.885 bits per heavy atom. The Morgan fingerprint density at radius 2 is 1.50 bits per heavy atom. The maximum atomic E-state index is 12.6. The summed E-state index contributed by atoms with van der Waals surface area (Å²) in [6.07, 6.45) is 0. The molecule has 0 fully saturated rings. The van der Waals surface area contributed by atoms with Gasteiger partial charge in [-0.25, -0.2) is 4.79 Å². The first kappa shape index (κ1) is 16.2. The molecular formula is C23H19NO2. The standard InChI is InChI=1S/C23H19NO2/c1-15-18(11-6-12-22(15)24)23(25)26-14-21-19-9-4-2-7-16(19)13-17-8-3-5-10-20(17)21/h2-13H,14,24H2,1H3. The molecule has 3 heteroatoms. The SMILES string of the molecule is Cc1c(N)cccc1C(=O)OCc1c2ccccc2cc2ccccc12. The van der Waals surface area contributed by atoms with Crippen LogP contribution in [0.25, 0.3) is 21.5 Å². The van der Waals surface area contributed by atoms with E-state index >= 15 is 0 Å². The van der Waals surface area contributed by atoms with Crippen LogP contribution in [0.1, 0.15) is 21.5 Å². The topological polar surface area (TPSA) is 52.3 Å². The first-order valence-electron chi connectivity index (χ1n) is 8.57. The molecule has 0 unspecified atom stereocenters. The molecule has 0 aliphatic heterocycles. The summed E-state index contributed by atoms with van der Waals surface area (Å²) in [4.78, 5) is 12.6. The molecule has 0 aliphatic carbocycles. The van der Waals surface area contributed by atoms with E-state index in [4.69, 9.17) is 10.5 Å². The van der Waals surface area contributed by atoms with E-state index in [0.717, 1.165) is 32.7 Å². The lowest BCUT2D eigenvalue weighted by molar-refractivity contribution is 0.0475. The summed E-state index contributed by atoms with van der Waals surface area (Å²) in [5.41, 5.74) is 8.78. The minimum absolute atomic E-state index is 0.217. The third kappa shape index (κ3) is 2.78. The number of carbonyl (C=O) groups excluding carboxylic acids is 1. The highest BCUT2D eigenvalue weighted by Crippen LogP contribution is 2.29. The van der Waals surface area contributed by atoms with Crippen LogP contribution in [0.2, 0.25) is 0 Å². The number of anilines is 1. The number of carbonyl (C=O) groups is 1. The lowest BCUT2D eigenvalue weighted by atomic mass is 9.97. The number of benzene rings is 4. The molecule has 4 rings (SSSR count). The number of hydrogen-bond donors (Lipinski definition) is 1. The first-order valence-corrected chi connectivity index (χ1v) is 8.57. The Hall–Kier alpha value is -3.33. The number of fused-ring (bicyclic) bond motifs is 2. The number of nitrogen functional groups attached to an aromatic ring is 1. The van der Waals surface area contributed by atoms with Crippen LogP contribution in [0.4, 0.5) is 5.69 Å². The predicted molar refractivity (Wildman–Crippen MR) is 106 cm³/mol. The summed E-state index contributed by atoms with van der Waals surface area (Å²) in [6, 6.07) is 23.8. The zero-order chi connectivity index (χ0) is 18.1. The molecule has 0 aliphatic rings. The van der Waals surface area contributed by atoms with Crippen LogP contribution >= 0.6 is 0 Å². The van der Waals surface area contributed by atoms with Crippen LogP contribution in [0, 0.1) is 6.92 Å². The van der Waals surface area contributed by atoms with E-state index in [2.05, 4.69) is 30.3 Å². The Labute approximate surface area is 152 Å². The van der Waals surface area contributed by atoms with Gasteiger partial charge in [0, 0.05) is 11.3 Å². The Morgan fingerprint density at radius 3 is 2.15 bits per heavy atom. The molecule has 0 amide bonds. The molecule has 26 heavy (non-hydrogen) atoms. The highest BCUT2D eigenvalue weighted by molar-refractivity contribution is 6.02. The maximum Gasteiger partial charge on any atom is 0.338 e.